The molecule has 2 aromatic carbocycles. The summed E-state index contributed by atoms with van der Waals surface area (Å²) in [6.07, 6.45) is 1.49. The summed E-state index contributed by atoms with van der Waals surface area (Å²) in [6.45, 7) is 5.17. The van der Waals surface area contributed by atoms with E-state index in [1.165, 1.54) is 16.6 Å². The largest absolute Gasteiger partial charge is 0.494 e. The first kappa shape index (κ1) is 17.2. The minimum Gasteiger partial charge on any atom is -0.494 e. The van der Waals surface area contributed by atoms with Gasteiger partial charge in [0.1, 0.15) is 12.1 Å². The molecule has 2 heterocycles. The van der Waals surface area contributed by atoms with Crippen LogP contribution in [0.5, 0.6) is 5.75 Å². The lowest BCUT2D eigenvalue weighted by Crippen LogP contribution is -2.55. The van der Waals surface area contributed by atoms with Crippen LogP contribution in [0.3, 0.4) is 0 Å². The Hall–Kier alpha value is -3.22. The van der Waals surface area contributed by atoms with E-state index < -0.39 is 6.04 Å². The van der Waals surface area contributed by atoms with Crippen LogP contribution in [-0.4, -0.2) is 37.6 Å². The summed E-state index contributed by atoms with van der Waals surface area (Å²) in [7, 11) is 0. The molecule has 4 rings (SSSR count). The van der Waals surface area contributed by atoms with Crippen molar-refractivity contribution in [3.05, 3.63) is 71.5 Å². The van der Waals surface area contributed by atoms with E-state index >= 15 is 0 Å². The average molecular weight is 363 g/mol. The number of carbonyl (C=O) groups is 1. The number of rotatable bonds is 6. The molecule has 1 aliphatic rings. The number of carbonyl (C=O) groups excluding carboxylic acids is 1. The molecule has 3 aromatic rings. The van der Waals surface area contributed by atoms with Gasteiger partial charge in [-0.05, 0) is 47.5 Å². The van der Waals surface area contributed by atoms with Crippen LogP contribution in [0.4, 0.5) is 0 Å². The molecular weight excluding hydrogens is 342 g/mol. The molecule has 2 atom stereocenters. The van der Waals surface area contributed by atoms with Crippen molar-refractivity contribution in [3.8, 4) is 5.75 Å². The van der Waals surface area contributed by atoms with Gasteiger partial charge in [0.05, 0.1) is 12.6 Å². The summed E-state index contributed by atoms with van der Waals surface area (Å²) >= 11 is 0. The maximum Gasteiger partial charge on any atom is 0.251 e. The number of benzene rings is 2. The molecule has 0 radical (unpaired) electrons. The Bertz CT molecular complexity index is 907. The van der Waals surface area contributed by atoms with Crippen molar-refractivity contribution in [2.24, 2.45) is 0 Å². The molecule has 7 nitrogen and oxygen atoms in total. The van der Waals surface area contributed by atoms with Gasteiger partial charge in [-0.25, -0.2) is 4.68 Å². The van der Waals surface area contributed by atoms with E-state index in [0.29, 0.717) is 13.2 Å². The summed E-state index contributed by atoms with van der Waals surface area (Å²) in [5, 5.41) is 11.3. The second-order valence-electron chi connectivity index (χ2n) is 6.63. The normalized spacial score (nSPS) is 19.0. The fourth-order valence-corrected chi connectivity index (χ4v) is 3.44. The van der Waals surface area contributed by atoms with E-state index in [2.05, 4.69) is 46.7 Å². The smallest absolute Gasteiger partial charge is 0.251 e. The minimum atomic E-state index is -0.427. The highest BCUT2D eigenvalue weighted by Crippen LogP contribution is 2.44. The van der Waals surface area contributed by atoms with E-state index in [1.807, 2.05) is 36.1 Å². The summed E-state index contributed by atoms with van der Waals surface area (Å²) in [5.74, 6) is 0.831. The number of tetrazole rings is 1. The highest BCUT2D eigenvalue weighted by Gasteiger charge is 2.49. The number of aryl methyl sites for hydroxylation is 1. The highest BCUT2D eigenvalue weighted by atomic mass is 16.5. The monoisotopic (exact) mass is 363 g/mol. The van der Waals surface area contributed by atoms with Crippen LogP contribution < -0.4 is 4.74 Å². The van der Waals surface area contributed by atoms with Crippen molar-refractivity contribution >= 4 is 5.91 Å². The van der Waals surface area contributed by atoms with Gasteiger partial charge in [-0.1, -0.05) is 42.0 Å². The van der Waals surface area contributed by atoms with Gasteiger partial charge < -0.3 is 9.64 Å². The second-order valence-corrected chi connectivity index (χ2v) is 6.63. The molecule has 1 aliphatic heterocycles. The zero-order valence-corrected chi connectivity index (χ0v) is 15.3. The summed E-state index contributed by atoms with van der Waals surface area (Å²) in [4.78, 5) is 14.7. The first-order chi connectivity index (χ1) is 13.2. The molecule has 1 fully saturated rings. The fourth-order valence-electron chi connectivity index (χ4n) is 3.44. The molecule has 0 unspecified atom stereocenters. The molecule has 0 aliphatic carbocycles. The number of hydrogen-bond donors (Lipinski definition) is 0. The van der Waals surface area contributed by atoms with Crippen LogP contribution in [0.2, 0.25) is 0 Å². The van der Waals surface area contributed by atoms with Gasteiger partial charge in [0, 0.05) is 6.54 Å². The van der Waals surface area contributed by atoms with Gasteiger partial charge in [-0.3, -0.25) is 4.79 Å². The Balaban J connectivity index is 1.63. The van der Waals surface area contributed by atoms with Crippen molar-refractivity contribution < 1.29 is 9.53 Å². The van der Waals surface area contributed by atoms with Crippen LogP contribution in [0.15, 0.2) is 54.9 Å². The number of nitrogens with zero attached hydrogens (tertiary/aromatic N) is 5. The average Bonchev–Trinajstić information content (AvgIpc) is 3.20. The quantitative estimate of drug-likeness (QED) is 0.630. The Morgan fingerprint density at radius 2 is 1.78 bits per heavy atom. The van der Waals surface area contributed by atoms with Crippen molar-refractivity contribution in [1.82, 2.24) is 25.1 Å². The lowest BCUT2D eigenvalue weighted by molar-refractivity contribution is -0.157. The summed E-state index contributed by atoms with van der Waals surface area (Å²) in [6, 6.07) is 15.5. The number of ether oxygens (including phenoxy) is 1. The lowest BCUT2D eigenvalue weighted by atomic mass is 9.88. The predicted molar refractivity (Wildman–Crippen MR) is 98.9 cm³/mol. The Labute approximate surface area is 157 Å². The SMILES string of the molecule is CCOc1ccc([C@H]2[C@@H](n3cnnn3)C(=O)N2Cc2ccc(C)cc2)cc1. The third-order valence-corrected chi connectivity index (χ3v) is 4.83. The van der Waals surface area contributed by atoms with Crippen LogP contribution in [0.1, 0.15) is 35.7 Å². The molecule has 0 saturated carbocycles. The van der Waals surface area contributed by atoms with Gasteiger partial charge in [-0.15, -0.1) is 5.10 Å². The minimum absolute atomic E-state index is 0.0155. The number of amides is 1. The summed E-state index contributed by atoms with van der Waals surface area (Å²) < 4.78 is 7.06. The maximum atomic E-state index is 12.9. The lowest BCUT2D eigenvalue weighted by Gasteiger charge is -2.47. The van der Waals surface area contributed by atoms with Gasteiger partial charge >= 0.3 is 0 Å². The molecule has 1 saturated heterocycles. The van der Waals surface area contributed by atoms with E-state index in [4.69, 9.17) is 4.74 Å². The van der Waals surface area contributed by atoms with E-state index in [0.717, 1.165) is 16.9 Å². The molecule has 27 heavy (non-hydrogen) atoms. The third-order valence-electron chi connectivity index (χ3n) is 4.83. The standard InChI is InChI=1S/C20H21N5O2/c1-3-27-17-10-8-16(9-11-17)18-19(25-13-21-22-23-25)20(26)24(18)12-15-6-4-14(2)5-7-15/h4-11,13,18-19H,3,12H2,1-2H3/t18-,19+/m0/s1. The van der Waals surface area contributed by atoms with Crippen LogP contribution >= 0.6 is 0 Å². The van der Waals surface area contributed by atoms with Crippen LogP contribution in [-0.2, 0) is 11.3 Å². The third kappa shape index (κ3) is 3.28. The van der Waals surface area contributed by atoms with Crippen molar-refractivity contribution in [1.29, 1.82) is 0 Å². The number of likely N-dealkylation sites (tertiary alicyclic amines) is 1. The molecule has 1 aromatic heterocycles. The fraction of sp³-hybridized carbons (Fsp3) is 0.300. The highest BCUT2D eigenvalue weighted by molar-refractivity contribution is 5.88. The van der Waals surface area contributed by atoms with E-state index in [-0.39, 0.29) is 11.9 Å². The first-order valence-corrected chi connectivity index (χ1v) is 8.98. The molecule has 7 heteroatoms. The Morgan fingerprint density at radius 1 is 1.04 bits per heavy atom. The van der Waals surface area contributed by atoms with Crippen molar-refractivity contribution in [2.45, 2.75) is 32.5 Å². The number of β-lactam (4-membered cyclic amide) rings is 1. The molecule has 0 N–H and O–H groups in total. The van der Waals surface area contributed by atoms with Gasteiger partial charge in [-0.2, -0.15) is 0 Å². The van der Waals surface area contributed by atoms with Gasteiger partial charge in [0.15, 0.2) is 6.04 Å². The summed E-state index contributed by atoms with van der Waals surface area (Å²) in [5.41, 5.74) is 3.33. The Kier molecular flexibility index (Phi) is 4.58. The van der Waals surface area contributed by atoms with Gasteiger partial charge in [0.2, 0.25) is 0 Å². The van der Waals surface area contributed by atoms with Crippen molar-refractivity contribution in [2.75, 3.05) is 6.61 Å². The molecule has 0 bridgehead atoms. The maximum absolute atomic E-state index is 12.9. The topological polar surface area (TPSA) is 73.1 Å². The van der Waals surface area contributed by atoms with E-state index in [9.17, 15) is 4.79 Å². The zero-order chi connectivity index (χ0) is 18.8. The van der Waals surface area contributed by atoms with Crippen molar-refractivity contribution in [3.63, 3.8) is 0 Å². The number of aromatic nitrogens is 4. The molecule has 138 valence electrons. The number of hydrogen-bond acceptors (Lipinski definition) is 5. The zero-order valence-electron chi connectivity index (χ0n) is 15.3. The van der Waals surface area contributed by atoms with E-state index in [1.54, 1.807) is 0 Å². The Morgan fingerprint density at radius 3 is 2.41 bits per heavy atom. The molecule has 0 spiro atoms. The second kappa shape index (κ2) is 7.19. The predicted octanol–water partition coefficient (Wildman–Crippen LogP) is 2.71. The molecule has 1 amide bonds. The molecular formula is C20H21N5O2. The first-order valence-electron chi connectivity index (χ1n) is 8.98. The van der Waals surface area contributed by atoms with Crippen LogP contribution in [0.25, 0.3) is 0 Å². The van der Waals surface area contributed by atoms with Gasteiger partial charge in [0.25, 0.3) is 5.91 Å². The van der Waals surface area contributed by atoms with Crippen LogP contribution in [0, 0.1) is 6.92 Å².